The molecule has 1 atom stereocenters. The Hall–Kier alpha value is -0.150. The third kappa shape index (κ3) is 2.64. The fourth-order valence-corrected chi connectivity index (χ4v) is 1.97. The maximum atomic E-state index is 13.3. The molecule has 2 fully saturated rings. The maximum Gasteiger partial charge on any atom is 0.123 e. The summed E-state index contributed by atoms with van der Waals surface area (Å²) in [4.78, 5) is 2.32. The fourth-order valence-electron chi connectivity index (χ4n) is 1.97. The van der Waals surface area contributed by atoms with Gasteiger partial charge in [0.2, 0.25) is 0 Å². The van der Waals surface area contributed by atoms with Crippen molar-refractivity contribution in [2.75, 3.05) is 26.7 Å². The van der Waals surface area contributed by atoms with Crippen LogP contribution in [0.3, 0.4) is 0 Å². The number of halogens is 1. The van der Waals surface area contributed by atoms with Crippen molar-refractivity contribution < 1.29 is 4.39 Å². The zero-order valence-electron chi connectivity index (χ0n) is 8.35. The van der Waals surface area contributed by atoms with E-state index in [1.165, 1.54) is 19.4 Å². The molecule has 0 aromatic carbocycles. The lowest BCUT2D eigenvalue weighted by molar-refractivity contribution is 0.207. The van der Waals surface area contributed by atoms with Gasteiger partial charge in [-0.15, -0.1) is 0 Å². The fraction of sp³-hybridized carbons (Fsp3) is 1.00. The van der Waals surface area contributed by atoms with Gasteiger partial charge in [-0.1, -0.05) is 0 Å². The Morgan fingerprint density at radius 2 is 2.31 bits per heavy atom. The molecule has 1 saturated heterocycles. The lowest BCUT2D eigenvalue weighted by Gasteiger charge is -2.30. The molecule has 0 bridgehead atoms. The van der Waals surface area contributed by atoms with Crippen LogP contribution in [0.2, 0.25) is 0 Å². The largest absolute Gasteiger partial charge is 0.310 e. The number of likely N-dealkylation sites (N-methyl/N-ethyl adjacent to an activating group) is 1. The van der Waals surface area contributed by atoms with E-state index < -0.39 is 5.67 Å². The van der Waals surface area contributed by atoms with Crippen molar-refractivity contribution in [3.8, 4) is 0 Å². The summed E-state index contributed by atoms with van der Waals surface area (Å²) in [5, 5.41) is 3.34. The number of nitrogens with zero attached hydrogens (tertiary/aromatic N) is 1. The molecule has 1 unspecified atom stereocenters. The van der Waals surface area contributed by atoms with Crippen LogP contribution in [0.25, 0.3) is 0 Å². The van der Waals surface area contributed by atoms with Crippen LogP contribution in [0.4, 0.5) is 4.39 Å². The van der Waals surface area contributed by atoms with Gasteiger partial charge in [0.25, 0.3) is 0 Å². The molecule has 0 amide bonds. The van der Waals surface area contributed by atoms with Gasteiger partial charge in [-0.25, -0.2) is 4.39 Å². The lowest BCUT2D eigenvalue weighted by Crippen LogP contribution is -2.46. The van der Waals surface area contributed by atoms with E-state index in [2.05, 4.69) is 17.3 Å². The van der Waals surface area contributed by atoms with Gasteiger partial charge in [0.05, 0.1) is 0 Å². The summed E-state index contributed by atoms with van der Waals surface area (Å²) in [6.45, 7) is 2.85. The van der Waals surface area contributed by atoms with Gasteiger partial charge >= 0.3 is 0 Å². The second-order valence-corrected chi connectivity index (χ2v) is 4.63. The van der Waals surface area contributed by atoms with Crippen molar-refractivity contribution >= 4 is 0 Å². The summed E-state index contributed by atoms with van der Waals surface area (Å²) in [6, 6.07) is 0.520. The molecule has 2 nitrogen and oxygen atoms in total. The summed E-state index contributed by atoms with van der Waals surface area (Å²) in [7, 11) is 2.14. The van der Waals surface area contributed by atoms with E-state index in [1.807, 2.05) is 0 Å². The van der Waals surface area contributed by atoms with Crippen molar-refractivity contribution in [1.82, 2.24) is 10.2 Å². The van der Waals surface area contributed by atoms with Gasteiger partial charge in [0.1, 0.15) is 5.67 Å². The van der Waals surface area contributed by atoms with Crippen molar-refractivity contribution in [3.05, 3.63) is 0 Å². The number of nitrogens with one attached hydrogen (secondary N) is 1. The van der Waals surface area contributed by atoms with E-state index >= 15 is 0 Å². The average molecular weight is 186 g/mol. The first-order valence-corrected chi connectivity index (χ1v) is 5.29. The molecule has 2 aliphatic rings. The van der Waals surface area contributed by atoms with Crippen LogP contribution in [0.5, 0.6) is 0 Å². The van der Waals surface area contributed by atoms with E-state index in [4.69, 9.17) is 0 Å². The van der Waals surface area contributed by atoms with E-state index in [-0.39, 0.29) is 0 Å². The standard InChI is InChI=1S/C10H19FN2/c1-13-6-2-3-9(7-13)12-8-10(11)4-5-10/h9,12H,2-8H2,1H3. The van der Waals surface area contributed by atoms with Crippen molar-refractivity contribution in [2.45, 2.75) is 37.4 Å². The summed E-state index contributed by atoms with van der Waals surface area (Å²) in [5.41, 5.74) is -0.837. The van der Waals surface area contributed by atoms with Gasteiger partial charge in [-0.05, 0) is 39.3 Å². The smallest absolute Gasteiger partial charge is 0.123 e. The first-order valence-electron chi connectivity index (χ1n) is 5.29. The molecular weight excluding hydrogens is 167 g/mol. The number of alkyl halides is 1. The average Bonchev–Trinajstić information content (AvgIpc) is 2.82. The van der Waals surface area contributed by atoms with E-state index in [9.17, 15) is 4.39 Å². The molecule has 0 aromatic rings. The van der Waals surface area contributed by atoms with Crippen LogP contribution in [-0.4, -0.2) is 43.3 Å². The Labute approximate surface area is 79.5 Å². The Kier molecular flexibility index (Phi) is 2.56. The topological polar surface area (TPSA) is 15.3 Å². The molecular formula is C10H19FN2. The molecule has 2 rings (SSSR count). The highest BCUT2D eigenvalue weighted by Gasteiger charge is 2.43. The van der Waals surface area contributed by atoms with E-state index in [1.54, 1.807) is 0 Å². The summed E-state index contributed by atoms with van der Waals surface area (Å²) in [6.07, 6.45) is 3.99. The molecule has 76 valence electrons. The van der Waals surface area contributed by atoms with Gasteiger partial charge in [0, 0.05) is 19.1 Å². The van der Waals surface area contributed by atoms with Crippen LogP contribution in [0.1, 0.15) is 25.7 Å². The van der Waals surface area contributed by atoms with Crippen LogP contribution in [-0.2, 0) is 0 Å². The van der Waals surface area contributed by atoms with E-state index in [0.29, 0.717) is 12.6 Å². The second kappa shape index (κ2) is 3.54. The first kappa shape index (κ1) is 9.41. The number of likely N-dealkylation sites (tertiary alicyclic amines) is 1. The summed E-state index contributed by atoms with van der Waals surface area (Å²) in [5.74, 6) is 0. The lowest BCUT2D eigenvalue weighted by atomic mass is 10.1. The maximum absolute atomic E-state index is 13.3. The minimum Gasteiger partial charge on any atom is -0.310 e. The predicted octanol–water partition coefficient (Wildman–Crippen LogP) is 1.17. The van der Waals surface area contributed by atoms with Crippen molar-refractivity contribution in [3.63, 3.8) is 0 Å². The quantitative estimate of drug-likeness (QED) is 0.712. The van der Waals surface area contributed by atoms with Crippen LogP contribution >= 0.6 is 0 Å². The molecule has 0 aromatic heterocycles. The number of hydrogen-bond donors (Lipinski definition) is 1. The highest BCUT2D eigenvalue weighted by atomic mass is 19.1. The van der Waals surface area contributed by atoms with Crippen molar-refractivity contribution in [2.24, 2.45) is 0 Å². The van der Waals surface area contributed by atoms with Gasteiger partial charge in [-0.3, -0.25) is 0 Å². The minimum atomic E-state index is -0.837. The third-order valence-electron chi connectivity index (χ3n) is 3.12. The Balaban J connectivity index is 1.68. The van der Waals surface area contributed by atoms with Gasteiger partial charge in [0.15, 0.2) is 0 Å². The predicted molar refractivity (Wildman–Crippen MR) is 51.6 cm³/mol. The monoisotopic (exact) mass is 186 g/mol. The number of rotatable bonds is 3. The highest BCUT2D eigenvalue weighted by molar-refractivity contribution is 4.97. The first-order chi connectivity index (χ1) is 6.18. The van der Waals surface area contributed by atoms with E-state index in [0.717, 1.165) is 19.4 Å². The SMILES string of the molecule is CN1CCCC(NCC2(F)CC2)C1. The Morgan fingerprint density at radius 3 is 2.92 bits per heavy atom. The normalized spacial score (nSPS) is 33.2. The number of hydrogen-bond acceptors (Lipinski definition) is 2. The zero-order chi connectivity index (χ0) is 9.31. The molecule has 3 heteroatoms. The van der Waals surface area contributed by atoms with Crippen LogP contribution in [0.15, 0.2) is 0 Å². The molecule has 0 radical (unpaired) electrons. The summed E-state index contributed by atoms with van der Waals surface area (Å²) < 4.78 is 13.3. The molecule has 1 heterocycles. The highest BCUT2D eigenvalue weighted by Crippen LogP contribution is 2.38. The molecule has 1 aliphatic carbocycles. The van der Waals surface area contributed by atoms with Crippen molar-refractivity contribution in [1.29, 1.82) is 0 Å². The second-order valence-electron chi connectivity index (χ2n) is 4.63. The Bertz CT molecular complexity index is 180. The van der Waals surface area contributed by atoms with Gasteiger partial charge < -0.3 is 10.2 Å². The number of piperidine rings is 1. The zero-order valence-corrected chi connectivity index (χ0v) is 8.35. The van der Waals surface area contributed by atoms with Crippen LogP contribution < -0.4 is 5.32 Å². The molecule has 1 aliphatic heterocycles. The van der Waals surface area contributed by atoms with Gasteiger partial charge in [-0.2, -0.15) is 0 Å². The molecule has 1 saturated carbocycles. The third-order valence-corrected chi connectivity index (χ3v) is 3.12. The molecule has 13 heavy (non-hydrogen) atoms. The minimum absolute atomic E-state index is 0.520. The Morgan fingerprint density at radius 1 is 1.54 bits per heavy atom. The molecule has 1 N–H and O–H groups in total. The summed E-state index contributed by atoms with van der Waals surface area (Å²) >= 11 is 0. The van der Waals surface area contributed by atoms with Crippen LogP contribution in [0, 0.1) is 0 Å². The molecule has 0 spiro atoms.